The number of nitrogens with two attached hydrogens (primary N) is 1. The number of rotatable bonds is 5. The molecule has 1 fully saturated rings. The predicted octanol–water partition coefficient (Wildman–Crippen LogP) is 1.53. The van der Waals surface area contributed by atoms with Crippen LogP contribution in [0.25, 0.3) is 0 Å². The molecule has 17 heavy (non-hydrogen) atoms. The molecule has 0 aromatic heterocycles. The van der Waals surface area contributed by atoms with Crippen LogP contribution in [0.15, 0.2) is 24.3 Å². The van der Waals surface area contributed by atoms with E-state index in [1.165, 1.54) is 25.0 Å². The number of carbonyl (C=O) groups excluding carboxylic acids is 1. The van der Waals surface area contributed by atoms with Crippen LogP contribution < -0.4 is 11.1 Å². The molecule has 1 atom stereocenters. The Morgan fingerprint density at radius 3 is 2.53 bits per heavy atom. The second-order valence-electron chi connectivity index (χ2n) is 4.82. The molecule has 0 heterocycles. The second kappa shape index (κ2) is 4.45. The molecule has 1 aliphatic rings. The fourth-order valence-corrected chi connectivity index (χ4v) is 1.79. The average molecular weight is 236 g/mol. The fourth-order valence-electron chi connectivity index (χ4n) is 1.79. The largest absolute Gasteiger partial charge is 0.368 e. The highest BCUT2D eigenvalue weighted by Gasteiger charge is 2.34. The molecule has 1 aliphatic carbocycles. The molecule has 1 saturated carbocycles. The molecular formula is C13H17FN2O. The van der Waals surface area contributed by atoms with Crippen molar-refractivity contribution in [1.29, 1.82) is 0 Å². The summed E-state index contributed by atoms with van der Waals surface area (Å²) < 4.78 is 12.9. The van der Waals surface area contributed by atoms with Gasteiger partial charge in [-0.15, -0.1) is 0 Å². The molecule has 92 valence electrons. The van der Waals surface area contributed by atoms with Gasteiger partial charge in [0.2, 0.25) is 5.91 Å². The zero-order chi connectivity index (χ0) is 12.5. The first-order chi connectivity index (χ1) is 8.02. The predicted molar refractivity (Wildman–Crippen MR) is 63.7 cm³/mol. The molecule has 0 radical (unpaired) electrons. The summed E-state index contributed by atoms with van der Waals surface area (Å²) in [5, 5.41) is 3.20. The molecule has 3 N–H and O–H groups in total. The highest BCUT2D eigenvalue weighted by molar-refractivity contribution is 5.85. The van der Waals surface area contributed by atoms with E-state index in [2.05, 4.69) is 5.32 Å². The maximum atomic E-state index is 12.9. The van der Waals surface area contributed by atoms with E-state index in [1.54, 1.807) is 19.1 Å². The van der Waals surface area contributed by atoms with Gasteiger partial charge in [0.25, 0.3) is 0 Å². The molecule has 0 saturated heterocycles. The highest BCUT2D eigenvalue weighted by Crippen LogP contribution is 2.30. The van der Waals surface area contributed by atoms with E-state index in [1.807, 2.05) is 0 Å². The summed E-state index contributed by atoms with van der Waals surface area (Å²) in [7, 11) is 0. The van der Waals surface area contributed by atoms with Crippen molar-refractivity contribution in [2.24, 2.45) is 11.7 Å². The lowest BCUT2D eigenvalue weighted by Crippen LogP contribution is -2.51. The van der Waals surface area contributed by atoms with E-state index < -0.39 is 11.4 Å². The lowest BCUT2D eigenvalue weighted by Gasteiger charge is -2.28. The van der Waals surface area contributed by atoms with Crippen LogP contribution in [0.5, 0.6) is 0 Å². The SMILES string of the molecule is CC(NCC1CC1)(C(N)=O)c1ccc(F)cc1. The summed E-state index contributed by atoms with van der Waals surface area (Å²) in [4.78, 5) is 11.6. The Morgan fingerprint density at radius 2 is 2.06 bits per heavy atom. The summed E-state index contributed by atoms with van der Waals surface area (Å²) in [6.45, 7) is 2.52. The van der Waals surface area contributed by atoms with Crippen LogP contribution in [0.1, 0.15) is 25.3 Å². The minimum absolute atomic E-state index is 0.317. The number of halogens is 1. The Bertz CT molecular complexity index is 414. The van der Waals surface area contributed by atoms with Crippen LogP contribution in [0.3, 0.4) is 0 Å². The van der Waals surface area contributed by atoms with Crippen molar-refractivity contribution in [3.63, 3.8) is 0 Å². The van der Waals surface area contributed by atoms with Gasteiger partial charge in [0.1, 0.15) is 11.4 Å². The first-order valence-corrected chi connectivity index (χ1v) is 5.83. The molecule has 1 aromatic rings. The van der Waals surface area contributed by atoms with E-state index in [0.717, 1.165) is 6.54 Å². The number of primary amides is 1. The van der Waals surface area contributed by atoms with Crippen molar-refractivity contribution in [1.82, 2.24) is 5.32 Å². The van der Waals surface area contributed by atoms with Gasteiger partial charge in [-0.05, 0) is 49.9 Å². The van der Waals surface area contributed by atoms with Gasteiger partial charge in [-0.1, -0.05) is 12.1 Å². The third-order valence-electron chi connectivity index (χ3n) is 3.36. The number of nitrogens with one attached hydrogen (secondary N) is 1. The van der Waals surface area contributed by atoms with Crippen molar-refractivity contribution in [3.8, 4) is 0 Å². The molecule has 1 unspecified atom stereocenters. The zero-order valence-corrected chi connectivity index (χ0v) is 9.87. The molecule has 4 heteroatoms. The maximum absolute atomic E-state index is 12.9. The van der Waals surface area contributed by atoms with Crippen LogP contribution in [-0.2, 0) is 10.3 Å². The lowest BCUT2D eigenvalue weighted by atomic mass is 9.91. The average Bonchev–Trinajstić information content (AvgIpc) is 3.10. The Balaban J connectivity index is 2.19. The summed E-state index contributed by atoms with van der Waals surface area (Å²) in [5.74, 6) is -0.110. The Hall–Kier alpha value is -1.42. The van der Waals surface area contributed by atoms with E-state index in [9.17, 15) is 9.18 Å². The lowest BCUT2D eigenvalue weighted by molar-refractivity contribution is -0.124. The standard InChI is InChI=1S/C13H17FN2O/c1-13(12(15)17,16-8-9-2-3-9)10-4-6-11(14)7-5-10/h4-7,9,16H,2-3,8H2,1H3,(H2,15,17). The van der Waals surface area contributed by atoms with Crippen LogP contribution in [0.2, 0.25) is 0 Å². The van der Waals surface area contributed by atoms with Gasteiger partial charge in [-0.3, -0.25) is 10.1 Å². The molecule has 1 aromatic carbocycles. The second-order valence-corrected chi connectivity index (χ2v) is 4.82. The highest BCUT2D eigenvalue weighted by atomic mass is 19.1. The molecule has 1 amide bonds. The first-order valence-electron chi connectivity index (χ1n) is 5.83. The van der Waals surface area contributed by atoms with E-state index in [4.69, 9.17) is 5.73 Å². The molecule has 0 spiro atoms. The Kier molecular flexibility index (Phi) is 3.15. The fraction of sp³-hybridized carbons (Fsp3) is 0.462. The van der Waals surface area contributed by atoms with Gasteiger partial charge in [0, 0.05) is 0 Å². The molecule has 3 nitrogen and oxygen atoms in total. The van der Waals surface area contributed by atoms with Gasteiger partial charge < -0.3 is 5.73 Å². The van der Waals surface area contributed by atoms with E-state index >= 15 is 0 Å². The van der Waals surface area contributed by atoms with Crippen LogP contribution in [-0.4, -0.2) is 12.5 Å². The molecule has 2 rings (SSSR count). The molecule has 0 aliphatic heterocycles. The normalized spacial score (nSPS) is 18.7. The monoisotopic (exact) mass is 236 g/mol. The number of hydrogen-bond donors (Lipinski definition) is 2. The van der Waals surface area contributed by atoms with Crippen LogP contribution >= 0.6 is 0 Å². The third kappa shape index (κ3) is 2.64. The minimum Gasteiger partial charge on any atom is -0.368 e. The Labute approximate surface area is 100 Å². The van der Waals surface area contributed by atoms with Crippen LogP contribution in [0.4, 0.5) is 4.39 Å². The molecule has 0 bridgehead atoms. The minimum atomic E-state index is -0.920. The number of hydrogen-bond acceptors (Lipinski definition) is 2. The summed E-state index contributed by atoms with van der Waals surface area (Å²) in [5.41, 5.74) is 5.23. The van der Waals surface area contributed by atoms with Gasteiger partial charge in [-0.2, -0.15) is 0 Å². The summed E-state index contributed by atoms with van der Waals surface area (Å²) >= 11 is 0. The van der Waals surface area contributed by atoms with Crippen molar-refractivity contribution in [2.75, 3.05) is 6.54 Å². The summed E-state index contributed by atoms with van der Waals surface area (Å²) in [6.07, 6.45) is 2.40. The molecular weight excluding hydrogens is 219 g/mol. The van der Waals surface area contributed by atoms with Gasteiger partial charge in [-0.25, -0.2) is 4.39 Å². The Morgan fingerprint density at radius 1 is 1.47 bits per heavy atom. The quantitative estimate of drug-likeness (QED) is 0.814. The van der Waals surface area contributed by atoms with Crippen molar-refractivity contribution < 1.29 is 9.18 Å². The van der Waals surface area contributed by atoms with E-state index in [0.29, 0.717) is 11.5 Å². The van der Waals surface area contributed by atoms with Gasteiger partial charge in [0.05, 0.1) is 0 Å². The first kappa shape index (κ1) is 12.0. The van der Waals surface area contributed by atoms with Crippen LogP contribution in [0, 0.1) is 11.7 Å². The smallest absolute Gasteiger partial charge is 0.242 e. The summed E-state index contributed by atoms with van der Waals surface area (Å²) in [6, 6.07) is 5.88. The van der Waals surface area contributed by atoms with Crippen molar-refractivity contribution in [2.45, 2.75) is 25.3 Å². The topological polar surface area (TPSA) is 55.1 Å². The number of carbonyl (C=O) groups is 1. The van der Waals surface area contributed by atoms with Gasteiger partial charge in [0.15, 0.2) is 0 Å². The van der Waals surface area contributed by atoms with Crippen molar-refractivity contribution in [3.05, 3.63) is 35.6 Å². The van der Waals surface area contributed by atoms with E-state index in [-0.39, 0.29) is 5.82 Å². The number of benzene rings is 1. The maximum Gasteiger partial charge on any atom is 0.242 e. The van der Waals surface area contributed by atoms with Gasteiger partial charge >= 0.3 is 0 Å². The number of amides is 1. The van der Waals surface area contributed by atoms with Crippen molar-refractivity contribution >= 4 is 5.91 Å². The third-order valence-corrected chi connectivity index (χ3v) is 3.36. The zero-order valence-electron chi connectivity index (χ0n) is 9.87.